The average Bonchev–Trinajstić information content (AvgIpc) is 2.23. The molecule has 1 fully saturated rings. The molecule has 1 atom stereocenters. The Bertz CT molecular complexity index is 354. The second-order valence-electron chi connectivity index (χ2n) is 4.14. The van der Waals surface area contributed by atoms with Crippen LogP contribution in [-0.4, -0.2) is 23.5 Å². The standard InChI is InChI=1S/C11H16ClN3/c1-15-5-3-2-4-10(15)8-6-9(13)11(12)14-7-8/h6-7,10H,2-5,13H2,1H3. The first kappa shape index (κ1) is 10.7. The highest BCUT2D eigenvalue weighted by Gasteiger charge is 2.21. The molecular formula is C11H16ClN3. The number of anilines is 1. The summed E-state index contributed by atoms with van der Waals surface area (Å²) in [4.78, 5) is 6.46. The second-order valence-corrected chi connectivity index (χ2v) is 4.50. The topological polar surface area (TPSA) is 42.2 Å². The van der Waals surface area contributed by atoms with Gasteiger partial charge in [0.2, 0.25) is 0 Å². The SMILES string of the molecule is CN1CCCCC1c1cnc(Cl)c(N)c1. The summed E-state index contributed by atoms with van der Waals surface area (Å²) in [5.74, 6) is 0. The van der Waals surface area contributed by atoms with Crippen molar-refractivity contribution in [2.75, 3.05) is 19.3 Å². The van der Waals surface area contributed by atoms with Crippen molar-refractivity contribution in [3.63, 3.8) is 0 Å². The molecule has 0 amide bonds. The third kappa shape index (κ3) is 2.24. The smallest absolute Gasteiger partial charge is 0.151 e. The minimum Gasteiger partial charge on any atom is -0.396 e. The second kappa shape index (κ2) is 4.37. The van der Waals surface area contributed by atoms with Crippen LogP contribution >= 0.6 is 11.6 Å². The zero-order chi connectivity index (χ0) is 10.8. The van der Waals surface area contributed by atoms with Crippen LogP contribution in [0.3, 0.4) is 0 Å². The monoisotopic (exact) mass is 225 g/mol. The quantitative estimate of drug-likeness (QED) is 0.747. The van der Waals surface area contributed by atoms with E-state index in [0.717, 1.165) is 6.54 Å². The lowest BCUT2D eigenvalue weighted by Gasteiger charge is -2.32. The average molecular weight is 226 g/mol. The molecule has 0 saturated carbocycles. The molecule has 1 aromatic heterocycles. The maximum absolute atomic E-state index is 5.81. The molecule has 0 radical (unpaired) electrons. The number of nitrogens with zero attached hydrogens (tertiary/aromatic N) is 2. The van der Waals surface area contributed by atoms with Gasteiger partial charge in [-0.3, -0.25) is 4.90 Å². The van der Waals surface area contributed by atoms with E-state index in [9.17, 15) is 0 Å². The molecule has 2 rings (SSSR count). The number of aromatic nitrogens is 1. The van der Waals surface area contributed by atoms with Crippen LogP contribution in [0.25, 0.3) is 0 Å². The molecule has 3 nitrogen and oxygen atoms in total. The molecule has 0 aromatic carbocycles. The summed E-state index contributed by atoms with van der Waals surface area (Å²) in [5, 5.41) is 0.400. The highest BCUT2D eigenvalue weighted by molar-refractivity contribution is 6.31. The van der Waals surface area contributed by atoms with Gasteiger partial charge in [-0.05, 0) is 38.1 Å². The molecule has 0 aliphatic carbocycles. The van der Waals surface area contributed by atoms with Gasteiger partial charge in [-0.15, -0.1) is 0 Å². The lowest BCUT2D eigenvalue weighted by atomic mass is 9.97. The fraction of sp³-hybridized carbons (Fsp3) is 0.545. The van der Waals surface area contributed by atoms with Crippen molar-refractivity contribution in [1.29, 1.82) is 0 Å². The third-order valence-corrected chi connectivity index (χ3v) is 3.36. The van der Waals surface area contributed by atoms with E-state index < -0.39 is 0 Å². The van der Waals surface area contributed by atoms with E-state index in [4.69, 9.17) is 17.3 Å². The van der Waals surface area contributed by atoms with Crippen LogP contribution in [0.2, 0.25) is 5.15 Å². The number of halogens is 1. The predicted octanol–water partition coefficient (Wildman–Crippen LogP) is 2.47. The first-order chi connectivity index (χ1) is 7.18. The van der Waals surface area contributed by atoms with Gasteiger partial charge in [0.1, 0.15) is 0 Å². The van der Waals surface area contributed by atoms with E-state index in [1.54, 1.807) is 0 Å². The van der Waals surface area contributed by atoms with Gasteiger partial charge in [0.05, 0.1) is 5.69 Å². The Labute approximate surface area is 95.2 Å². The van der Waals surface area contributed by atoms with Crippen LogP contribution in [0, 0.1) is 0 Å². The highest BCUT2D eigenvalue weighted by Crippen LogP contribution is 2.31. The van der Waals surface area contributed by atoms with E-state index in [1.165, 1.54) is 24.8 Å². The minimum atomic E-state index is 0.400. The van der Waals surface area contributed by atoms with E-state index in [2.05, 4.69) is 16.9 Å². The fourth-order valence-corrected chi connectivity index (χ4v) is 2.26. The van der Waals surface area contributed by atoms with Gasteiger partial charge in [0.25, 0.3) is 0 Å². The van der Waals surface area contributed by atoms with Crippen LogP contribution < -0.4 is 5.73 Å². The Morgan fingerprint density at radius 3 is 3.00 bits per heavy atom. The predicted molar refractivity (Wildman–Crippen MR) is 62.9 cm³/mol. The van der Waals surface area contributed by atoms with Crippen LogP contribution in [0.4, 0.5) is 5.69 Å². The molecule has 4 heteroatoms. The molecule has 1 aromatic rings. The maximum Gasteiger partial charge on any atom is 0.151 e. The Morgan fingerprint density at radius 1 is 1.53 bits per heavy atom. The largest absolute Gasteiger partial charge is 0.396 e. The van der Waals surface area contributed by atoms with Gasteiger partial charge in [0.15, 0.2) is 5.15 Å². The molecular weight excluding hydrogens is 210 g/mol. The summed E-state index contributed by atoms with van der Waals surface area (Å²) in [6.07, 6.45) is 5.57. The third-order valence-electron chi connectivity index (χ3n) is 3.04. The van der Waals surface area contributed by atoms with Crippen LogP contribution in [0.1, 0.15) is 30.9 Å². The molecule has 0 spiro atoms. The first-order valence-corrected chi connectivity index (χ1v) is 5.67. The number of piperidine rings is 1. The Kier molecular flexibility index (Phi) is 3.12. The first-order valence-electron chi connectivity index (χ1n) is 5.29. The summed E-state index contributed by atoms with van der Waals surface area (Å²) in [5.41, 5.74) is 7.52. The Hall–Kier alpha value is -0.800. The van der Waals surface area contributed by atoms with Crippen molar-refractivity contribution >= 4 is 17.3 Å². The Morgan fingerprint density at radius 2 is 2.33 bits per heavy atom. The van der Waals surface area contributed by atoms with Gasteiger partial charge in [-0.1, -0.05) is 18.0 Å². The van der Waals surface area contributed by atoms with Gasteiger partial charge in [-0.25, -0.2) is 4.98 Å². The van der Waals surface area contributed by atoms with Gasteiger partial charge >= 0.3 is 0 Å². The molecule has 1 unspecified atom stereocenters. The van der Waals surface area contributed by atoms with Crippen molar-refractivity contribution in [2.24, 2.45) is 0 Å². The van der Waals surface area contributed by atoms with Crippen molar-refractivity contribution in [3.8, 4) is 0 Å². The van der Waals surface area contributed by atoms with Crippen molar-refractivity contribution in [3.05, 3.63) is 23.0 Å². The number of likely N-dealkylation sites (tertiary alicyclic amines) is 1. The molecule has 15 heavy (non-hydrogen) atoms. The van der Waals surface area contributed by atoms with Crippen LogP contribution in [0.5, 0.6) is 0 Å². The van der Waals surface area contributed by atoms with Crippen molar-refractivity contribution in [2.45, 2.75) is 25.3 Å². The van der Waals surface area contributed by atoms with Gasteiger partial charge in [-0.2, -0.15) is 0 Å². The Balaban J connectivity index is 2.24. The van der Waals surface area contributed by atoms with Crippen molar-refractivity contribution in [1.82, 2.24) is 9.88 Å². The number of hydrogen-bond donors (Lipinski definition) is 1. The fourth-order valence-electron chi connectivity index (χ4n) is 2.16. The summed E-state index contributed by atoms with van der Waals surface area (Å²) in [7, 11) is 2.15. The number of pyridine rings is 1. The molecule has 1 aliphatic rings. The van der Waals surface area contributed by atoms with Gasteiger partial charge in [0, 0.05) is 12.2 Å². The lowest BCUT2D eigenvalue weighted by molar-refractivity contribution is 0.187. The maximum atomic E-state index is 5.81. The molecule has 1 saturated heterocycles. The lowest BCUT2D eigenvalue weighted by Crippen LogP contribution is -2.29. The van der Waals surface area contributed by atoms with Crippen LogP contribution in [-0.2, 0) is 0 Å². The van der Waals surface area contributed by atoms with Gasteiger partial charge < -0.3 is 5.73 Å². The number of nitrogens with two attached hydrogens (primary N) is 1. The van der Waals surface area contributed by atoms with E-state index in [1.807, 2.05) is 12.3 Å². The molecule has 2 heterocycles. The molecule has 2 N–H and O–H groups in total. The molecule has 1 aliphatic heterocycles. The summed E-state index contributed by atoms with van der Waals surface area (Å²) >= 11 is 5.81. The zero-order valence-corrected chi connectivity index (χ0v) is 9.67. The van der Waals surface area contributed by atoms with E-state index >= 15 is 0 Å². The zero-order valence-electron chi connectivity index (χ0n) is 8.91. The number of rotatable bonds is 1. The van der Waals surface area contributed by atoms with E-state index in [0.29, 0.717) is 16.9 Å². The summed E-state index contributed by atoms with van der Waals surface area (Å²) < 4.78 is 0. The number of nitrogen functional groups attached to an aromatic ring is 1. The minimum absolute atomic E-state index is 0.400. The molecule has 82 valence electrons. The summed E-state index contributed by atoms with van der Waals surface area (Å²) in [6, 6.07) is 2.40. The summed E-state index contributed by atoms with van der Waals surface area (Å²) in [6.45, 7) is 1.15. The highest BCUT2D eigenvalue weighted by atomic mass is 35.5. The van der Waals surface area contributed by atoms with Crippen molar-refractivity contribution < 1.29 is 0 Å². The normalized spacial score (nSPS) is 22.9. The van der Waals surface area contributed by atoms with Crippen LogP contribution in [0.15, 0.2) is 12.3 Å². The molecule has 0 bridgehead atoms. The van der Waals surface area contributed by atoms with E-state index in [-0.39, 0.29) is 0 Å². The number of hydrogen-bond acceptors (Lipinski definition) is 3.